The summed E-state index contributed by atoms with van der Waals surface area (Å²) in [6.45, 7) is 4.37. The first-order chi connectivity index (χ1) is 9.04. The molecule has 2 bridgehead atoms. The van der Waals surface area contributed by atoms with Crippen LogP contribution in [0.3, 0.4) is 0 Å². The molecule has 2 rings (SSSR count). The van der Waals surface area contributed by atoms with Crippen LogP contribution in [0.5, 0.6) is 0 Å². The lowest BCUT2D eigenvalue weighted by atomic mass is 9.83. The first-order valence-corrected chi connectivity index (χ1v) is 7.79. The smallest absolute Gasteiger partial charge is 0.240 e. The van der Waals surface area contributed by atoms with Crippen LogP contribution in [-0.4, -0.2) is 28.8 Å². The number of alkyl halides is 1. The van der Waals surface area contributed by atoms with Crippen molar-refractivity contribution in [2.24, 2.45) is 17.8 Å². The van der Waals surface area contributed by atoms with Crippen molar-refractivity contribution in [3.05, 3.63) is 0 Å². The average molecular weight is 283 g/mol. The molecule has 0 N–H and O–H groups in total. The van der Waals surface area contributed by atoms with Gasteiger partial charge in [0, 0.05) is 12.6 Å². The molecule has 2 aliphatic rings. The number of nitrogens with zero attached hydrogens (tertiary/aromatic N) is 2. The third kappa shape index (κ3) is 3.05. The molecule has 2 aliphatic carbocycles. The topological polar surface area (TPSA) is 44.1 Å². The number of carbonyl (C=O) groups is 1. The van der Waals surface area contributed by atoms with Crippen LogP contribution >= 0.6 is 11.6 Å². The zero-order chi connectivity index (χ0) is 14.0. The Morgan fingerprint density at radius 2 is 2.16 bits per heavy atom. The highest BCUT2D eigenvalue weighted by molar-refractivity contribution is 6.30. The second kappa shape index (κ2) is 6.13. The van der Waals surface area contributed by atoms with Crippen LogP contribution in [0.2, 0.25) is 0 Å². The standard InChI is InChI=1S/C15H23ClN2O/c1-10(16)15(19)18(7-3-6-17)11(2)14-9-12-4-5-13(14)8-12/h10-14H,3-5,7-9H2,1-2H3. The molecular formula is C15H23ClN2O. The summed E-state index contributed by atoms with van der Waals surface area (Å²) in [5.41, 5.74) is 0. The molecule has 2 fully saturated rings. The van der Waals surface area contributed by atoms with E-state index >= 15 is 0 Å². The number of carbonyl (C=O) groups excluding carboxylic acids is 1. The van der Waals surface area contributed by atoms with Crippen molar-refractivity contribution in [3.63, 3.8) is 0 Å². The molecule has 106 valence electrons. The highest BCUT2D eigenvalue weighted by Gasteiger charge is 2.44. The van der Waals surface area contributed by atoms with Crippen LogP contribution in [0.25, 0.3) is 0 Å². The Morgan fingerprint density at radius 3 is 2.63 bits per heavy atom. The molecule has 0 aromatic rings. The molecule has 0 heterocycles. The summed E-state index contributed by atoms with van der Waals surface area (Å²) in [6.07, 6.45) is 5.66. The lowest BCUT2D eigenvalue weighted by Crippen LogP contribution is -2.47. The van der Waals surface area contributed by atoms with Gasteiger partial charge in [-0.25, -0.2) is 0 Å². The first-order valence-electron chi connectivity index (χ1n) is 7.36. The van der Waals surface area contributed by atoms with Crippen molar-refractivity contribution in [1.29, 1.82) is 5.26 Å². The predicted molar refractivity (Wildman–Crippen MR) is 75.7 cm³/mol. The van der Waals surface area contributed by atoms with E-state index in [1.807, 2.05) is 4.90 Å². The van der Waals surface area contributed by atoms with Gasteiger partial charge in [-0.15, -0.1) is 11.6 Å². The maximum Gasteiger partial charge on any atom is 0.240 e. The normalized spacial score (nSPS) is 31.8. The number of amides is 1. The molecule has 0 radical (unpaired) electrons. The summed E-state index contributed by atoms with van der Waals surface area (Å²) < 4.78 is 0. The number of rotatable bonds is 5. The highest BCUT2D eigenvalue weighted by atomic mass is 35.5. The van der Waals surface area contributed by atoms with Crippen LogP contribution < -0.4 is 0 Å². The van der Waals surface area contributed by atoms with E-state index in [2.05, 4.69) is 13.0 Å². The maximum atomic E-state index is 12.2. The number of hydrogen-bond donors (Lipinski definition) is 0. The molecule has 5 atom stereocenters. The van der Waals surface area contributed by atoms with E-state index in [0.29, 0.717) is 18.9 Å². The number of nitriles is 1. The third-order valence-corrected chi connectivity index (χ3v) is 5.18. The second-order valence-electron chi connectivity index (χ2n) is 6.14. The lowest BCUT2D eigenvalue weighted by Gasteiger charge is -2.37. The van der Waals surface area contributed by atoms with Crippen LogP contribution in [-0.2, 0) is 4.79 Å². The zero-order valence-corrected chi connectivity index (χ0v) is 12.6. The van der Waals surface area contributed by atoms with Crippen molar-refractivity contribution < 1.29 is 4.79 Å². The lowest BCUT2D eigenvalue weighted by molar-refractivity contribution is -0.134. The molecule has 5 unspecified atom stereocenters. The van der Waals surface area contributed by atoms with E-state index in [0.717, 1.165) is 11.8 Å². The van der Waals surface area contributed by atoms with Gasteiger partial charge >= 0.3 is 0 Å². The minimum atomic E-state index is -0.500. The molecular weight excluding hydrogens is 260 g/mol. The SMILES string of the molecule is CC(Cl)C(=O)N(CCC#N)C(C)C1CC2CCC1C2. The fraction of sp³-hybridized carbons (Fsp3) is 0.867. The van der Waals surface area contributed by atoms with Crippen molar-refractivity contribution in [2.45, 2.75) is 57.4 Å². The molecule has 0 spiro atoms. The molecule has 4 heteroatoms. The van der Waals surface area contributed by atoms with Crippen LogP contribution in [0, 0.1) is 29.1 Å². The van der Waals surface area contributed by atoms with Crippen molar-refractivity contribution in [2.75, 3.05) is 6.54 Å². The molecule has 0 aromatic carbocycles. The first kappa shape index (κ1) is 14.7. The van der Waals surface area contributed by atoms with Gasteiger partial charge < -0.3 is 4.90 Å². The summed E-state index contributed by atoms with van der Waals surface area (Å²) in [7, 11) is 0. The Balaban J connectivity index is 2.04. The van der Waals surface area contributed by atoms with Crippen molar-refractivity contribution >= 4 is 17.5 Å². The summed E-state index contributed by atoms with van der Waals surface area (Å²) in [5, 5.41) is 8.27. The minimum Gasteiger partial charge on any atom is -0.337 e. The van der Waals surface area contributed by atoms with Crippen LogP contribution in [0.1, 0.15) is 46.0 Å². The molecule has 2 saturated carbocycles. The second-order valence-corrected chi connectivity index (χ2v) is 6.79. The number of halogens is 1. The van der Waals surface area contributed by atoms with Crippen molar-refractivity contribution in [3.8, 4) is 6.07 Å². The van der Waals surface area contributed by atoms with E-state index < -0.39 is 5.38 Å². The fourth-order valence-electron chi connectivity index (χ4n) is 4.03. The third-order valence-electron chi connectivity index (χ3n) is 4.99. The molecule has 1 amide bonds. The number of hydrogen-bond acceptors (Lipinski definition) is 2. The van der Waals surface area contributed by atoms with Crippen LogP contribution in [0.15, 0.2) is 0 Å². The van der Waals surface area contributed by atoms with Gasteiger partial charge in [-0.3, -0.25) is 4.79 Å². The quantitative estimate of drug-likeness (QED) is 0.727. The monoisotopic (exact) mass is 282 g/mol. The van der Waals surface area contributed by atoms with E-state index in [1.54, 1.807) is 6.92 Å². The molecule has 0 aliphatic heterocycles. The van der Waals surface area contributed by atoms with E-state index in [4.69, 9.17) is 16.9 Å². The maximum absolute atomic E-state index is 12.2. The van der Waals surface area contributed by atoms with Crippen LogP contribution in [0.4, 0.5) is 0 Å². The van der Waals surface area contributed by atoms with E-state index in [9.17, 15) is 4.79 Å². The van der Waals surface area contributed by atoms with Crippen molar-refractivity contribution in [1.82, 2.24) is 4.90 Å². The highest BCUT2D eigenvalue weighted by Crippen LogP contribution is 2.50. The average Bonchev–Trinajstić information content (AvgIpc) is 3.00. The van der Waals surface area contributed by atoms with Gasteiger partial charge in [0.2, 0.25) is 5.91 Å². The van der Waals surface area contributed by atoms with Gasteiger partial charge in [0.05, 0.1) is 12.5 Å². The minimum absolute atomic E-state index is 0.0211. The number of fused-ring (bicyclic) bond motifs is 2. The molecule has 3 nitrogen and oxygen atoms in total. The molecule has 0 aromatic heterocycles. The zero-order valence-electron chi connectivity index (χ0n) is 11.8. The summed E-state index contributed by atoms with van der Waals surface area (Å²) in [6, 6.07) is 2.35. The molecule has 0 saturated heterocycles. The molecule has 19 heavy (non-hydrogen) atoms. The Hall–Kier alpha value is -0.750. The Labute approximate surface area is 120 Å². The largest absolute Gasteiger partial charge is 0.337 e. The van der Waals surface area contributed by atoms with E-state index in [-0.39, 0.29) is 11.9 Å². The van der Waals surface area contributed by atoms with E-state index in [1.165, 1.54) is 25.7 Å². The summed E-state index contributed by atoms with van der Waals surface area (Å²) in [5.74, 6) is 2.24. The Bertz CT molecular complexity index is 377. The van der Waals surface area contributed by atoms with Gasteiger partial charge in [0.25, 0.3) is 0 Å². The summed E-state index contributed by atoms with van der Waals surface area (Å²) >= 11 is 5.96. The van der Waals surface area contributed by atoms with Gasteiger partial charge in [0.1, 0.15) is 5.38 Å². The van der Waals surface area contributed by atoms with Gasteiger partial charge in [-0.2, -0.15) is 5.26 Å². The predicted octanol–water partition coefficient (Wildman–Crippen LogP) is 3.18. The Morgan fingerprint density at radius 1 is 1.42 bits per heavy atom. The van der Waals surface area contributed by atoms with Gasteiger partial charge in [0.15, 0.2) is 0 Å². The Kier molecular flexibility index (Phi) is 4.73. The van der Waals surface area contributed by atoms with Gasteiger partial charge in [-0.1, -0.05) is 6.42 Å². The fourth-order valence-corrected chi connectivity index (χ4v) is 4.15. The summed E-state index contributed by atoms with van der Waals surface area (Å²) in [4.78, 5) is 14.1. The van der Waals surface area contributed by atoms with Gasteiger partial charge in [-0.05, 0) is 50.9 Å².